The molecule has 0 fully saturated rings. The molecule has 1 aliphatic rings. The zero-order chi connectivity index (χ0) is 16.8. The van der Waals surface area contributed by atoms with E-state index in [2.05, 4.69) is 39.1 Å². The second kappa shape index (κ2) is 5.68. The molecule has 3 aromatic heterocycles. The molecule has 5 nitrogen and oxygen atoms in total. The second-order valence-corrected chi connectivity index (χ2v) is 7.31. The van der Waals surface area contributed by atoms with Crippen LogP contribution in [0.2, 0.25) is 0 Å². The van der Waals surface area contributed by atoms with E-state index in [9.17, 15) is 0 Å². The highest BCUT2D eigenvalue weighted by Gasteiger charge is 2.16. The molecule has 0 spiro atoms. The molecule has 25 heavy (non-hydrogen) atoms. The van der Waals surface area contributed by atoms with Gasteiger partial charge in [-0.05, 0) is 24.3 Å². The Kier molecular flexibility index (Phi) is 3.33. The van der Waals surface area contributed by atoms with Gasteiger partial charge in [0.25, 0.3) is 0 Å². The van der Waals surface area contributed by atoms with Crippen molar-refractivity contribution in [3.8, 4) is 21.8 Å². The van der Waals surface area contributed by atoms with Crippen LogP contribution in [0.3, 0.4) is 0 Å². The number of nitrogen functional groups attached to an aromatic ring is 1. The molecule has 4 heterocycles. The fourth-order valence-electron chi connectivity index (χ4n) is 3.27. The highest BCUT2D eigenvalue weighted by Crippen LogP contribution is 2.31. The molecule has 3 N–H and O–H groups in total. The Morgan fingerprint density at radius 2 is 2.12 bits per heavy atom. The summed E-state index contributed by atoms with van der Waals surface area (Å²) in [6, 6.07) is 12.1. The number of fused-ring (bicyclic) bond motifs is 2. The number of pyridine rings is 1. The minimum absolute atomic E-state index is 0.756. The molecule has 0 bridgehead atoms. The first-order chi connectivity index (χ1) is 12.3. The van der Waals surface area contributed by atoms with Crippen molar-refractivity contribution < 1.29 is 0 Å². The number of nitrogens with one attached hydrogen (secondary N) is 1. The molecule has 0 unspecified atom stereocenters. The minimum atomic E-state index is 0.756. The van der Waals surface area contributed by atoms with Gasteiger partial charge in [0.15, 0.2) is 0 Å². The molecule has 0 saturated carbocycles. The van der Waals surface area contributed by atoms with Crippen LogP contribution in [-0.4, -0.2) is 20.9 Å². The predicted octanol–water partition coefficient (Wildman–Crippen LogP) is 3.35. The van der Waals surface area contributed by atoms with Crippen LogP contribution in [0.1, 0.15) is 10.6 Å². The third-order valence-electron chi connectivity index (χ3n) is 4.54. The van der Waals surface area contributed by atoms with Gasteiger partial charge in [0, 0.05) is 47.4 Å². The molecule has 0 atom stereocenters. The molecular formula is C19H17N5S. The van der Waals surface area contributed by atoms with Gasteiger partial charge in [0.05, 0.1) is 17.6 Å². The van der Waals surface area contributed by atoms with Crippen LogP contribution in [0.25, 0.3) is 27.5 Å². The van der Waals surface area contributed by atoms with Gasteiger partial charge in [0.1, 0.15) is 10.7 Å². The minimum Gasteiger partial charge on any atom is -0.399 e. The number of nitrogens with two attached hydrogens (primary N) is 1. The van der Waals surface area contributed by atoms with Gasteiger partial charge in [-0.1, -0.05) is 12.1 Å². The highest BCUT2D eigenvalue weighted by atomic mass is 32.1. The van der Waals surface area contributed by atoms with Crippen LogP contribution < -0.4 is 11.1 Å². The molecule has 0 radical (unpaired) electrons. The summed E-state index contributed by atoms with van der Waals surface area (Å²) in [6.07, 6.45) is 4.97. The Labute approximate surface area is 149 Å². The van der Waals surface area contributed by atoms with Crippen molar-refractivity contribution in [2.24, 2.45) is 0 Å². The molecule has 0 aliphatic carbocycles. The number of anilines is 1. The molecule has 0 amide bonds. The van der Waals surface area contributed by atoms with Crippen molar-refractivity contribution in [1.29, 1.82) is 0 Å². The first kappa shape index (κ1) is 14.6. The van der Waals surface area contributed by atoms with Crippen LogP contribution in [0.5, 0.6) is 0 Å². The summed E-state index contributed by atoms with van der Waals surface area (Å²) in [5.74, 6) is 0. The average Bonchev–Trinajstić information content (AvgIpc) is 3.25. The lowest BCUT2D eigenvalue weighted by Crippen LogP contribution is -2.22. The van der Waals surface area contributed by atoms with E-state index in [1.165, 1.54) is 10.6 Å². The Morgan fingerprint density at radius 1 is 1.16 bits per heavy atom. The highest BCUT2D eigenvalue weighted by molar-refractivity contribution is 7.15. The number of benzene rings is 1. The number of hydrogen-bond acceptors (Lipinski definition) is 5. The van der Waals surface area contributed by atoms with Gasteiger partial charge in [-0.25, -0.2) is 9.97 Å². The van der Waals surface area contributed by atoms with E-state index in [0.29, 0.717) is 0 Å². The van der Waals surface area contributed by atoms with Gasteiger partial charge in [0.2, 0.25) is 0 Å². The summed E-state index contributed by atoms with van der Waals surface area (Å²) in [5.41, 5.74) is 12.1. The standard InChI is InChI=1S/C19H17N5S/c20-14-3-1-2-12(8-14)16-10-22-18-9-13(5-7-24(16)18)19-23-15-4-6-21-11-17(15)25-19/h1-3,5,7-10,21H,4,6,11,20H2. The van der Waals surface area contributed by atoms with Crippen LogP contribution >= 0.6 is 11.3 Å². The van der Waals surface area contributed by atoms with Crippen molar-refractivity contribution in [3.63, 3.8) is 0 Å². The van der Waals surface area contributed by atoms with E-state index in [-0.39, 0.29) is 0 Å². The predicted molar refractivity (Wildman–Crippen MR) is 102 cm³/mol. The lowest BCUT2D eigenvalue weighted by atomic mass is 10.1. The van der Waals surface area contributed by atoms with E-state index in [1.54, 1.807) is 11.3 Å². The second-order valence-electron chi connectivity index (χ2n) is 6.23. The molecule has 0 saturated heterocycles. The van der Waals surface area contributed by atoms with E-state index < -0.39 is 0 Å². The Hall–Kier alpha value is -2.70. The SMILES string of the molecule is Nc1cccc(-c2cnc3cc(-c4nc5c(s4)CNCC5)ccn23)c1. The van der Waals surface area contributed by atoms with Crippen LogP contribution in [0.15, 0.2) is 48.8 Å². The molecular weight excluding hydrogens is 330 g/mol. The van der Waals surface area contributed by atoms with E-state index >= 15 is 0 Å². The first-order valence-corrected chi connectivity index (χ1v) is 9.12. The molecule has 1 aromatic carbocycles. The summed E-state index contributed by atoms with van der Waals surface area (Å²) in [7, 11) is 0. The quantitative estimate of drug-likeness (QED) is 0.546. The van der Waals surface area contributed by atoms with Gasteiger partial charge in [-0.2, -0.15) is 0 Å². The molecule has 124 valence electrons. The summed E-state index contributed by atoms with van der Waals surface area (Å²) in [5, 5.41) is 4.48. The number of hydrogen-bond donors (Lipinski definition) is 2. The smallest absolute Gasteiger partial charge is 0.137 e. The topological polar surface area (TPSA) is 68.2 Å². The summed E-state index contributed by atoms with van der Waals surface area (Å²) < 4.78 is 2.09. The number of thiazole rings is 1. The number of rotatable bonds is 2. The number of imidazole rings is 1. The maximum absolute atomic E-state index is 5.92. The maximum atomic E-state index is 5.92. The summed E-state index contributed by atoms with van der Waals surface area (Å²) >= 11 is 1.77. The zero-order valence-electron chi connectivity index (χ0n) is 13.6. The van der Waals surface area contributed by atoms with E-state index in [4.69, 9.17) is 10.7 Å². The Bertz CT molecular complexity index is 1060. The number of nitrogens with zero attached hydrogens (tertiary/aromatic N) is 3. The van der Waals surface area contributed by atoms with Gasteiger partial charge >= 0.3 is 0 Å². The lowest BCUT2D eigenvalue weighted by molar-refractivity contribution is 0.644. The zero-order valence-corrected chi connectivity index (χ0v) is 14.4. The maximum Gasteiger partial charge on any atom is 0.137 e. The molecule has 1 aliphatic heterocycles. The fourth-order valence-corrected chi connectivity index (χ4v) is 4.35. The Morgan fingerprint density at radius 3 is 3.00 bits per heavy atom. The summed E-state index contributed by atoms with van der Waals surface area (Å²) in [4.78, 5) is 10.8. The van der Waals surface area contributed by atoms with Gasteiger partial charge in [-0.15, -0.1) is 11.3 Å². The van der Waals surface area contributed by atoms with Crippen molar-refractivity contribution in [3.05, 3.63) is 59.4 Å². The fraction of sp³-hybridized carbons (Fsp3) is 0.158. The van der Waals surface area contributed by atoms with Crippen molar-refractivity contribution in [2.75, 3.05) is 12.3 Å². The summed E-state index contributed by atoms with van der Waals surface area (Å²) in [6.45, 7) is 1.94. The van der Waals surface area contributed by atoms with E-state index in [0.717, 1.165) is 52.7 Å². The largest absolute Gasteiger partial charge is 0.399 e. The molecule has 5 rings (SSSR count). The van der Waals surface area contributed by atoms with Crippen molar-refractivity contribution in [1.82, 2.24) is 19.7 Å². The monoisotopic (exact) mass is 347 g/mol. The van der Waals surface area contributed by atoms with Crippen molar-refractivity contribution >= 4 is 22.7 Å². The molecule has 4 aromatic rings. The molecule has 6 heteroatoms. The Balaban J connectivity index is 1.58. The average molecular weight is 347 g/mol. The van der Waals surface area contributed by atoms with Gasteiger partial charge < -0.3 is 11.1 Å². The van der Waals surface area contributed by atoms with Gasteiger partial charge in [-0.3, -0.25) is 4.40 Å². The van der Waals surface area contributed by atoms with Crippen LogP contribution in [-0.2, 0) is 13.0 Å². The normalized spacial score (nSPS) is 13.9. The third-order valence-corrected chi connectivity index (χ3v) is 5.69. The van der Waals surface area contributed by atoms with E-state index in [1.807, 2.05) is 24.4 Å². The lowest BCUT2D eigenvalue weighted by Gasteiger charge is -2.09. The first-order valence-electron chi connectivity index (χ1n) is 8.30. The third kappa shape index (κ3) is 2.50. The van der Waals surface area contributed by atoms with Crippen LogP contribution in [0.4, 0.5) is 5.69 Å². The number of aromatic nitrogens is 3. The van der Waals surface area contributed by atoms with Crippen molar-refractivity contribution in [2.45, 2.75) is 13.0 Å². The van der Waals surface area contributed by atoms with Crippen LogP contribution in [0, 0.1) is 0 Å².